The zero-order valence-electron chi connectivity index (χ0n) is 10.4. The first-order chi connectivity index (χ1) is 9.27. The molecule has 7 heteroatoms. The number of rotatable bonds is 2. The van der Waals surface area contributed by atoms with E-state index >= 15 is 0 Å². The van der Waals surface area contributed by atoms with Gasteiger partial charge in [-0.05, 0) is 37.3 Å². The van der Waals surface area contributed by atoms with Gasteiger partial charge in [-0.2, -0.15) is 13.2 Å². The molecule has 1 aromatic carbocycles. The number of alkyl halides is 3. The summed E-state index contributed by atoms with van der Waals surface area (Å²) in [6, 6.07) is 6.27. The van der Waals surface area contributed by atoms with Crippen LogP contribution in [0, 0.1) is 6.92 Å². The Balaban J connectivity index is 2.20. The summed E-state index contributed by atoms with van der Waals surface area (Å²) in [5.41, 5.74) is 4.73. The maximum absolute atomic E-state index is 12.5. The Morgan fingerprint density at radius 1 is 1.25 bits per heavy atom. The fourth-order valence-electron chi connectivity index (χ4n) is 1.59. The second-order valence-electron chi connectivity index (χ2n) is 4.16. The molecule has 0 aliphatic carbocycles. The number of hydrogen-bond donors (Lipinski definition) is 2. The van der Waals surface area contributed by atoms with E-state index < -0.39 is 17.6 Å². The number of carbonyl (C=O) groups is 1. The topological polar surface area (TPSA) is 55.1 Å². The number of nitrogens with one attached hydrogen (secondary N) is 1. The van der Waals surface area contributed by atoms with Crippen LogP contribution in [0.1, 0.15) is 20.1 Å². The number of carbonyl (C=O) groups excluding carboxylic acids is 1. The third kappa shape index (κ3) is 3.11. The number of amides is 1. The van der Waals surface area contributed by atoms with Crippen LogP contribution in [0.15, 0.2) is 30.3 Å². The largest absolute Gasteiger partial charge is 0.416 e. The highest BCUT2D eigenvalue weighted by atomic mass is 32.1. The molecule has 1 heterocycles. The van der Waals surface area contributed by atoms with Crippen molar-refractivity contribution < 1.29 is 18.0 Å². The highest BCUT2D eigenvalue weighted by Crippen LogP contribution is 2.33. The first-order valence-electron chi connectivity index (χ1n) is 5.62. The van der Waals surface area contributed by atoms with Crippen LogP contribution >= 0.6 is 11.3 Å². The lowest BCUT2D eigenvalue weighted by Crippen LogP contribution is -2.13. The van der Waals surface area contributed by atoms with Gasteiger partial charge in [0.25, 0.3) is 5.91 Å². The third-order valence-corrected chi connectivity index (χ3v) is 3.59. The number of nitrogens with two attached hydrogens (primary N) is 1. The van der Waals surface area contributed by atoms with Gasteiger partial charge in [-0.3, -0.25) is 4.79 Å². The van der Waals surface area contributed by atoms with E-state index in [-0.39, 0.29) is 11.4 Å². The smallest absolute Gasteiger partial charge is 0.397 e. The number of benzene rings is 1. The Hall–Kier alpha value is -2.02. The summed E-state index contributed by atoms with van der Waals surface area (Å²) in [6.07, 6.45) is -4.46. The molecule has 0 atom stereocenters. The summed E-state index contributed by atoms with van der Waals surface area (Å²) in [6.45, 7) is 1.86. The summed E-state index contributed by atoms with van der Waals surface area (Å²) < 4.78 is 37.5. The van der Waals surface area contributed by atoms with Crippen LogP contribution in [0.5, 0.6) is 0 Å². The molecule has 3 nitrogen and oxygen atoms in total. The van der Waals surface area contributed by atoms with Crippen LogP contribution in [-0.4, -0.2) is 5.91 Å². The molecular formula is C13H11F3N2OS. The predicted molar refractivity (Wildman–Crippen MR) is 72.9 cm³/mol. The Morgan fingerprint density at radius 3 is 2.45 bits per heavy atom. The molecule has 0 fully saturated rings. The molecule has 106 valence electrons. The van der Waals surface area contributed by atoms with Gasteiger partial charge < -0.3 is 11.1 Å². The van der Waals surface area contributed by atoms with Gasteiger partial charge in [-0.15, -0.1) is 11.3 Å². The number of hydrogen-bond acceptors (Lipinski definition) is 3. The molecular weight excluding hydrogens is 289 g/mol. The van der Waals surface area contributed by atoms with Crippen molar-refractivity contribution in [2.75, 3.05) is 11.1 Å². The van der Waals surface area contributed by atoms with Gasteiger partial charge in [-0.25, -0.2) is 0 Å². The van der Waals surface area contributed by atoms with Gasteiger partial charge in [0.1, 0.15) is 0 Å². The first kappa shape index (κ1) is 14.4. The molecule has 2 aromatic rings. The maximum atomic E-state index is 12.5. The van der Waals surface area contributed by atoms with E-state index in [2.05, 4.69) is 5.32 Å². The average molecular weight is 300 g/mol. The number of aryl methyl sites for hydroxylation is 1. The van der Waals surface area contributed by atoms with Crippen molar-refractivity contribution in [2.45, 2.75) is 13.1 Å². The summed E-state index contributed by atoms with van der Waals surface area (Å²) in [4.78, 5) is 13.3. The van der Waals surface area contributed by atoms with Crippen LogP contribution in [0.2, 0.25) is 0 Å². The number of anilines is 2. The standard InChI is InChI=1S/C13H11F3N2OS/c1-7-2-5-11(20-7)12(19)18-10-4-3-8(6-9(10)17)13(14,15)16/h2-6H,17H2,1H3,(H,18,19). The zero-order chi connectivity index (χ0) is 14.9. The normalized spacial score (nSPS) is 11.4. The number of thiophene rings is 1. The number of halogens is 3. The van der Waals surface area contributed by atoms with Crippen LogP contribution in [0.4, 0.5) is 24.5 Å². The molecule has 20 heavy (non-hydrogen) atoms. The van der Waals surface area contributed by atoms with Crippen LogP contribution in [0.25, 0.3) is 0 Å². The van der Waals surface area contributed by atoms with E-state index in [4.69, 9.17) is 5.73 Å². The third-order valence-electron chi connectivity index (χ3n) is 2.59. The summed E-state index contributed by atoms with van der Waals surface area (Å²) in [7, 11) is 0. The summed E-state index contributed by atoms with van der Waals surface area (Å²) >= 11 is 1.30. The second kappa shape index (κ2) is 5.16. The van der Waals surface area contributed by atoms with Gasteiger partial charge in [0, 0.05) is 4.88 Å². The summed E-state index contributed by atoms with van der Waals surface area (Å²) in [5, 5.41) is 2.50. The van der Waals surface area contributed by atoms with E-state index in [0.29, 0.717) is 4.88 Å². The molecule has 0 unspecified atom stereocenters. The molecule has 0 bridgehead atoms. The fourth-order valence-corrected chi connectivity index (χ4v) is 2.36. The van der Waals surface area contributed by atoms with Crippen molar-refractivity contribution in [3.8, 4) is 0 Å². The predicted octanol–water partition coefficient (Wildman–Crippen LogP) is 3.91. The van der Waals surface area contributed by atoms with Crippen LogP contribution in [-0.2, 0) is 6.18 Å². The van der Waals surface area contributed by atoms with E-state index in [1.165, 1.54) is 11.3 Å². The van der Waals surface area contributed by atoms with E-state index in [1.54, 1.807) is 12.1 Å². The zero-order valence-corrected chi connectivity index (χ0v) is 11.2. The van der Waals surface area contributed by atoms with Crippen LogP contribution < -0.4 is 11.1 Å². The molecule has 3 N–H and O–H groups in total. The Bertz CT molecular complexity index is 649. The highest BCUT2D eigenvalue weighted by Gasteiger charge is 2.30. The SMILES string of the molecule is Cc1ccc(C(=O)Nc2ccc(C(F)(F)F)cc2N)s1. The van der Waals surface area contributed by atoms with Crippen molar-refractivity contribution in [1.29, 1.82) is 0 Å². The van der Waals surface area contributed by atoms with Gasteiger partial charge in [-0.1, -0.05) is 0 Å². The van der Waals surface area contributed by atoms with Crippen molar-refractivity contribution in [3.63, 3.8) is 0 Å². The molecule has 0 aliphatic rings. The molecule has 2 rings (SSSR count). The van der Waals surface area contributed by atoms with Crippen molar-refractivity contribution in [1.82, 2.24) is 0 Å². The van der Waals surface area contributed by atoms with Gasteiger partial charge in [0.2, 0.25) is 0 Å². The minimum Gasteiger partial charge on any atom is -0.397 e. The molecule has 0 aliphatic heterocycles. The minimum atomic E-state index is -4.46. The average Bonchev–Trinajstić information content (AvgIpc) is 2.77. The van der Waals surface area contributed by atoms with Crippen LogP contribution in [0.3, 0.4) is 0 Å². The van der Waals surface area contributed by atoms with Gasteiger partial charge >= 0.3 is 6.18 Å². The molecule has 1 aromatic heterocycles. The Morgan fingerprint density at radius 2 is 1.95 bits per heavy atom. The Kier molecular flexibility index (Phi) is 3.71. The quantitative estimate of drug-likeness (QED) is 0.826. The fraction of sp³-hybridized carbons (Fsp3) is 0.154. The molecule has 1 amide bonds. The Labute approximate surface area is 117 Å². The van der Waals surface area contributed by atoms with Crippen molar-refractivity contribution in [2.24, 2.45) is 0 Å². The second-order valence-corrected chi connectivity index (χ2v) is 5.45. The molecule has 0 saturated heterocycles. The lowest BCUT2D eigenvalue weighted by Gasteiger charge is -2.11. The maximum Gasteiger partial charge on any atom is 0.416 e. The van der Waals surface area contributed by atoms with Gasteiger partial charge in [0.05, 0.1) is 21.8 Å². The molecule has 0 spiro atoms. The monoisotopic (exact) mass is 300 g/mol. The lowest BCUT2D eigenvalue weighted by molar-refractivity contribution is -0.137. The molecule has 0 radical (unpaired) electrons. The van der Waals surface area contributed by atoms with Crippen molar-refractivity contribution in [3.05, 3.63) is 45.6 Å². The minimum absolute atomic E-state index is 0.124. The lowest BCUT2D eigenvalue weighted by atomic mass is 10.1. The molecule has 0 saturated carbocycles. The number of nitrogen functional groups attached to an aromatic ring is 1. The van der Waals surface area contributed by atoms with E-state index in [0.717, 1.165) is 23.1 Å². The summed E-state index contributed by atoms with van der Waals surface area (Å²) in [5.74, 6) is -0.394. The van der Waals surface area contributed by atoms with E-state index in [1.807, 2.05) is 6.92 Å². The van der Waals surface area contributed by atoms with Crippen molar-refractivity contribution >= 4 is 28.6 Å². The van der Waals surface area contributed by atoms with Gasteiger partial charge in [0.15, 0.2) is 0 Å². The first-order valence-corrected chi connectivity index (χ1v) is 6.43. The highest BCUT2D eigenvalue weighted by molar-refractivity contribution is 7.14. The van der Waals surface area contributed by atoms with E-state index in [9.17, 15) is 18.0 Å².